The zero-order chi connectivity index (χ0) is 20.9. The molecule has 3 heterocycles. The van der Waals surface area contributed by atoms with Crippen molar-refractivity contribution in [3.8, 4) is 11.1 Å². The molecule has 3 aromatic rings. The smallest absolute Gasteiger partial charge is 0.227 e. The molecule has 1 amide bonds. The third kappa shape index (κ3) is 4.64. The van der Waals surface area contributed by atoms with E-state index in [0.717, 1.165) is 41.4 Å². The summed E-state index contributed by atoms with van der Waals surface area (Å²) in [5.41, 5.74) is 5.02. The first-order valence-electron chi connectivity index (χ1n) is 10.4. The number of amides is 1. The van der Waals surface area contributed by atoms with Gasteiger partial charge in [0.25, 0.3) is 0 Å². The number of benzene rings is 1. The standard InChI is InChI=1S/C24H27N5O/c1-18-5-7-19(8-6-18)15-23(30)28(2)17-22-21(20-9-11-25-12-10-20)16-26-24(27-22)29-13-3-4-14-29/h5-12,16H,3-4,13-15,17H2,1-2H3. The lowest BCUT2D eigenvalue weighted by molar-refractivity contribution is -0.129. The fraction of sp³-hybridized carbons (Fsp3) is 0.333. The lowest BCUT2D eigenvalue weighted by Crippen LogP contribution is -2.29. The van der Waals surface area contributed by atoms with E-state index in [0.29, 0.717) is 13.0 Å². The molecule has 0 aliphatic carbocycles. The normalized spacial score (nSPS) is 13.5. The van der Waals surface area contributed by atoms with Crippen LogP contribution < -0.4 is 4.90 Å². The zero-order valence-electron chi connectivity index (χ0n) is 17.6. The number of carbonyl (C=O) groups is 1. The largest absolute Gasteiger partial charge is 0.341 e. The Hall–Kier alpha value is -3.28. The van der Waals surface area contributed by atoms with E-state index in [4.69, 9.17) is 4.98 Å². The third-order valence-electron chi connectivity index (χ3n) is 5.52. The quantitative estimate of drug-likeness (QED) is 0.631. The van der Waals surface area contributed by atoms with Crippen LogP contribution in [-0.2, 0) is 17.8 Å². The van der Waals surface area contributed by atoms with Crippen LogP contribution in [-0.4, -0.2) is 45.9 Å². The summed E-state index contributed by atoms with van der Waals surface area (Å²) in [5.74, 6) is 0.820. The van der Waals surface area contributed by atoms with Crippen LogP contribution in [0.3, 0.4) is 0 Å². The van der Waals surface area contributed by atoms with Crippen molar-refractivity contribution in [2.75, 3.05) is 25.0 Å². The van der Waals surface area contributed by atoms with Crippen molar-refractivity contribution < 1.29 is 4.79 Å². The summed E-state index contributed by atoms with van der Waals surface area (Å²) in [6.07, 6.45) is 8.12. The maximum absolute atomic E-state index is 12.9. The molecule has 1 saturated heterocycles. The number of hydrogen-bond acceptors (Lipinski definition) is 5. The molecule has 6 heteroatoms. The van der Waals surface area contributed by atoms with Gasteiger partial charge in [0.1, 0.15) is 0 Å². The van der Waals surface area contributed by atoms with Gasteiger partial charge < -0.3 is 9.80 Å². The Bertz CT molecular complexity index is 998. The number of pyridine rings is 1. The number of aryl methyl sites for hydroxylation is 1. The first-order valence-corrected chi connectivity index (χ1v) is 10.4. The average molecular weight is 402 g/mol. The van der Waals surface area contributed by atoms with Crippen molar-refractivity contribution >= 4 is 11.9 Å². The molecule has 0 bridgehead atoms. The Labute approximate surface area is 177 Å². The molecule has 1 fully saturated rings. The van der Waals surface area contributed by atoms with Crippen LogP contribution in [0.15, 0.2) is 55.0 Å². The molecule has 0 atom stereocenters. The second-order valence-electron chi connectivity index (χ2n) is 7.87. The highest BCUT2D eigenvalue weighted by atomic mass is 16.2. The molecule has 0 radical (unpaired) electrons. The lowest BCUT2D eigenvalue weighted by atomic mass is 10.1. The van der Waals surface area contributed by atoms with Crippen LogP contribution >= 0.6 is 0 Å². The molecule has 6 nitrogen and oxygen atoms in total. The maximum Gasteiger partial charge on any atom is 0.227 e. The van der Waals surface area contributed by atoms with Gasteiger partial charge in [-0.05, 0) is 43.0 Å². The second-order valence-corrected chi connectivity index (χ2v) is 7.87. The van der Waals surface area contributed by atoms with Gasteiger partial charge in [0.2, 0.25) is 11.9 Å². The summed E-state index contributed by atoms with van der Waals surface area (Å²) in [6.45, 7) is 4.45. The number of carbonyl (C=O) groups excluding carboxylic acids is 1. The molecule has 1 aliphatic rings. The molecule has 0 unspecified atom stereocenters. The third-order valence-corrected chi connectivity index (χ3v) is 5.52. The topological polar surface area (TPSA) is 62.2 Å². The van der Waals surface area contributed by atoms with Crippen LogP contribution in [0.1, 0.15) is 29.7 Å². The maximum atomic E-state index is 12.9. The van der Waals surface area contributed by atoms with Gasteiger partial charge in [-0.1, -0.05) is 29.8 Å². The number of anilines is 1. The summed E-state index contributed by atoms with van der Waals surface area (Å²) in [5, 5.41) is 0. The molecule has 2 aromatic heterocycles. The van der Waals surface area contributed by atoms with Crippen molar-refractivity contribution in [1.82, 2.24) is 19.9 Å². The summed E-state index contributed by atoms with van der Waals surface area (Å²) in [7, 11) is 1.84. The van der Waals surface area contributed by atoms with Crippen molar-refractivity contribution in [2.45, 2.75) is 32.7 Å². The van der Waals surface area contributed by atoms with Crippen molar-refractivity contribution in [2.24, 2.45) is 0 Å². The van der Waals surface area contributed by atoms with Gasteiger partial charge in [0, 0.05) is 44.3 Å². The molecular weight excluding hydrogens is 374 g/mol. The lowest BCUT2D eigenvalue weighted by Gasteiger charge is -2.21. The molecule has 4 rings (SSSR count). The van der Waals surface area contributed by atoms with Gasteiger partial charge in [0.05, 0.1) is 18.7 Å². The predicted molar refractivity (Wildman–Crippen MR) is 118 cm³/mol. The molecule has 0 N–H and O–H groups in total. The molecule has 0 saturated carbocycles. The monoisotopic (exact) mass is 401 g/mol. The minimum absolute atomic E-state index is 0.0702. The van der Waals surface area contributed by atoms with Gasteiger partial charge in [-0.2, -0.15) is 0 Å². The van der Waals surface area contributed by atoms with Gasteiger partial charge in [-0.3, -0.25) is 9.78 Å². The molecule has 0 spiro atoms. The van der Waals surface area contributed by atoms with Crippen molar-refractivity contribution in [1.29, 1.82) is 0 Å². The number of nitrogens with zero attached hydrogens (tertiary/aromatic N) is 5. The summed E-state index contributed by atoms with van der Waals surface area (Å²) in [6, 6.07) is 12.0. The highest BCUT2D eigenvalue weighted by Gasteiger charge is 2.19. The van der Waals surface area contributed by atoms with E-state index in [2.05, 4.69) is 14.9 Å². The summed E-state index contributed by atoms with van der Waals surface area (Å²) >= 11 is 0. The Morgan fingerprint density at radius 1 is 1.07 bits per heavy atom. The van der Waals surface area contributed by atoms with Crippen LogP contribution in [0.25, 0.3) is 11.1 Å². The van der Waals surface area contributed by atoms with E-state index >= 15 is 0 Å². The fourth-order valence-electron chi connectivity index (χ4n) is 3.70. The number of aromatic nitrogens is 3. The number of rotatable bonds is 6. The molecule has 1 aliphatic heterocycles. The van der Waals surface area contributed by atoms with Gasteiger partial charge in [-0.15, -0.1) is 0 Å². The Balaban J connectivity index is 1.57. The van der Waals surface area contributed by atoms with Crippen LogP contribution in [0.4, 0.5) is 5.95 Å². The highest BCUT2D eigenvalue weighted by molar-refractivity contribution is 5.79. The predicted octanol–water partition coefficient (Wildman–Crippen LogP) is 3.65. The van der Waals surface area contributed by atoms with E-state index in [9.17, 15) is 4.79 Å². The summed E-state index contributed by atoms with van der Waals surface area (Å²) in [4.78, 5) is 30.4. The van der Waals surface area contributed by atoms with E-state index in [-0.39, 0.29) is 5.91 Å². The second kappa shape index (κ2) is 9.03. The Morgan fingerprint density at radius 3 is 2.47 bits per heavy atom. The van der Waals surface area contributed by atoms with Gasteiger partial charge >= 0.3 is 0 Å². The summed E-state index contributed by atoms with van der Waals surface area (Å²) < 4.78 is 0. The highest BCUT2D eigenvalue weighted by Crippen LogP contribution is 2.25. The van der Waals surface area contributed by atoms with E-state index in [1.165, 1.54) is 18.4 Å². The Morgan fingerprint density at radius 2 is 1.77 bits per heavy atom. The zero-order valence-corrected chi connectivity index (χ0v) is 17.6. The molecule has 30 heavy (non-hydrogen) atoms. The van der Waals surface area contributed by atoms with E-state index in [1.807, 2.05) is 56.6 Å². The van der Waals surface area contributed by atoms with Crippen LogP contribution in [0, 0.1) is 6.92 Å². The first-order chi connectivity index (χ1) is 14.6. The van der Waals surface area contributed by atoms with Crippen LogP contribution in [0.2, 0.25) is 0 Å². The average Bonchev–Trinajstić information content (AvgIpc) is 3.31. The minimum atomic E-state index is 0.0702. The fourth-order valence-corrected chi connectivity index (χ4v) is 3.70. The number of likely N-dealkylation sites (N-methyl/N-ethyl adjacent to an activating group) is 1. The van der Waals surface area contributed by atoms with E-state index in [1.54, 1.807) is 17.3 Å². The molecule has 1 aromatic carbocycles. The molecule has 154 valence electrons. The van der Waals surface area contributed by atoms with Gasteiger partial charge in [0.15, 0.2) is 0 Å². The number of hydrogen-bond donors (Lipinski definition) is 0. The Kier molecular flexibility index (Phi) is 6.02. The van der Waals surface area contributed by atoms with E-state index < -0.39 is 0 Å². The first kappa shape index (κ1) is 20.0. The minimum Gasteiger partial charge on any atom is -0.341 e. The van der Waals surface area contributed by atoms with Crippen molar-refractivity contribution in [3.63, 3.8) is 0 Å². The van der Waals surface area contributed by atoms with Gasteiger partial charge in [-0.25, -0.2) is 9.97 Å². The molecular formula is C24H27N5O. The van der Waals surface area contributed by atoms with Crippen LogP contribution in [0.5, 0.6) is 0 Å². The SMILES string of the molecule is Cc1ccc(CC(=O)N(C)Cc2nc(N3CCCC3)ncc2-c2ccncc2)cc1. The van der Waals surface area contributed by atoms with Crippen molar-refractivity contribution in [3.05, 3.63) is 71.8 Å².